The minimum atomic E-state index is -0.266. The zero-order chi connectivity index (χ0) is 27.3. The number of hydrogen-bond donors (Lipinski definition) is 1. The van der Waals surface area contributed by atoms with Crippen LogP contribution in [0.15, 0.2) is 54.5 Å². The van der Waals surface area contributed by atoms with Crippen molar-refractivity contribution in [2.45, 2.75) is 31.5 Å². The first-order valence-corrected chi connectivity index (χ1v) is 14.1. The summed E-state index contributed by atoms with van der Waals surface area (Å²) in [6.07, 6.45) is 7.54. The summed E-state index contributed by atoms with van der Waals surface area (Å²) in [5.74, 6) is 3.18. The zero-order valence-corrected chi connectivity index (χ0v) is 23.8. The molecule has 202 valence electrons. The SMILES string of the molecule is CC(C)C(=O)N1CCC(C2=CN(C)c3c(-c4ccc(-c5ccc6c(c5)OCO6)nc4)cnn3C(=N)C2Br)CC1. The van der Waals surface area contributed by atoms with E-state index in [-0.39, 0.29) is 29.4 Å². The van der Waals surface area contributed by atoms with Gasteiger partial charge in [0.05, 0.1) is 16.7 Å². The van der Waals surface area contributed by atoms with Gasteiger partial charge in [-0.1, -0.05) is 35.8 Å². The molecule has 3 aromatic rings. The van der Waals surface area contributed by atoms with E-state index in [1.807, 2.05) is 62.3 Å². The second-order valence-electron chi connectivity index (χ2n) is 10.5. The number of ether oxygens (including phenoxy) is 2. The van der Waals surface area contributed by atoms with Crippen LogP contribution in [0.3, 0.4) is 0 Å². The van der Waals surface area contributed by atoms with Crippen molar-refractivity contribution in [1.29, 1.82) is 5.41 Å². The smallest absolute Gasteiger partial charge is 0.231 e. The summed E-state index contributed by atoms with van der Waals surface area (Å²) in [6, 6.07) is 9.84. The van der Waals surface area contributed by atoms with E-state index in [4.69, 9.17) is 19.9 Å². The Morgan fingerprint density at radius 3 is 2.54 bits per heavy atom. The number of carbonyl (C=O) groups excluding carboxylic acids is 1. The number of anilines is 1. The minimum absolute atomic E-state index is 0.0119. The summed E-state index contributed by atoms with van der Waals surface area (Å²) in [6.45, 7) is 5.63. The van der Waals surface area contributed by atoms with E-state index in [0.717, 1.165) is 71.2 Å². The monoisotopic (exact) mass is 590 g/mol. The van der Waals surface area contributed by atoms with Crippen LogP contribution in [0.2, 0.25) is 0 Å². The van der Waals surface area contributed by atoms with Crippen molar-refractivity contribution < 1.29 is 14.3 Å². The number of fused-ring (bicyclic) bond motifs is 2. The fraction of sp³-hybridized carbons (Fsp3) is 0.379. The lowest BCUT2D eigenvalue weighted by Crippen LogP contribution is -2.42. The molecule has 1 fully saturated rings. The maximum Gasteiger partial charge on any atom is 0.231 e. The van der Waals surface area contributed by atoms with Gasteiger partial charge in [0.1, 0.15) is 11.7 Å². The number of alkyl halides is 1. The number of nitrogens with one attached hydrogen (secondary N) is 1. The van der Waals surface area contributed by atoms with E-state index < -0.39 is 0 Å². The predicted octanol–water partition coefficient (Wildman–Crippen LogP) is 5.16. The van der Waals surface area contributed by atoms with Gasteiger partial charge in [0.15, 0.2) is 11.5 Å². The van der Waals surface area contributed by atoms with Crippen LogP contribution in [-0.2, 0) is 4.79 Å². The van der Waals surface area contributed by atoms with E-state index >= 15 is 0 Å². The van der Waals surface area contributed by atoms with Crippen LogP contribution >= 0.6 is 15.9 Å². The van der Waals surface area contributed by atoms with Crippen LogP contribution in [0.4, 0.5) is 5.82 Å². The normalized spacial score (nSPS) is 19.3. The van der Waals surface area contributed by atoms with Crippen molar-refractivity contribution in [3.8, 4) is 33.9 Å². The Kier molecular flexibility index (Phi) is 6.66. The Morgan fingerprint density at radius 2 is 1.82 bits per heavy atom. The molecule has 1 aromatic carbocycles. The number of rotatable bonds is 4. The highest BCUT2D eigenvalue weighted by Crippen LogP contribution is 2.39. The van der Waals surface area contributed by atoms with Crippen molar-refractivity contribution in [1.82, 2.24) is 19.7 Å². The summed E-state index contributed by atoms with van der Waals surface area (Å²) in [7, 11) is 2.00. The van der Waals surface area contributed by atoms with E-state index in [1.165, 1.54) is 0 Å². The molecule has 0 saturated carbocycles. The molecule has 3 aliphatic heterocycles. The number of piperidine rings is 1. The number of pyridine rings is 1. The van der Waals surface area contributed by atoms with Gasteiger partial charge >= 0.3 is 0 Å². The molecule has 1 unspecified atom stereocenters. The lowest BCUT2D eigenvalue weighted by molar-refractivity contribution is -0.135. The van der Waals surface area contributed by atoms with E-state index in [0.29, 0.717) is 5.84 Å². The molecular weight excluding hydrogens is 560 g/mol. The van der Waals surface area contributed by atoms with Crippen molar-refractivity contribution >= 4 is 33.5 Å². The van der Waals surface area contributed by atoms with E-state index in [9.17, 15) is 4.79 Å². The van der Waals surface area contributed by atoms with Gasteiger partial charge in [0.2, 0.25) is 12.7 Å². The van der Waals surface area contributed by atoms with E-state index in [1.54, 1.807) is 10.9 Å². The standard InChI is InChI=1S/C29H31BrN6O3/c1-17(2)29(37)35-10-8-18(9-11-35)22-15-34(3)28-21(14-33-36(28)27(31)26(22)30)20-4-6-23(32-13-20)19-5-7-24-25(12-19)39-16-38-24/h4-7,12-15,17-18,26,31H,8-11,16H2,1-3H3. The van der Waals surface area contributed by atoms with Crippen molar-refractivity contribution in [2.75, 3.05) is 31.8 Å². The average molecular weight is 592 g/mol. The highest BCUT2D eigenvalue weighted by atomic mass is 79.9. The van der Waals surface area contributed by atoms with Crippen LogP contribution in [0.25, 0.3) is 22.4 Å². The second kappa shape index (κ2) is 10.1. The Bertz CT molecular complexity index is 1460. The number of amides is 1. The van der Waals surface area contributed by atoms with Gasteiger partial charge in [-0.25, -0.2) is 4.68 Å². The Balaban J connectivity index is 1.26. The van der Waals surface area contributed by atoms with Crippen LogP contribution in [0.1, 0.15) is 26.7 Å². The molecule has 9 nitrogen and oxygen atoms in total. The molecule has 3 aliphatic rings. The van der Waals surface area contributed by atoms with Gasteiger partial charge in [-0.15, -0.1) is 0 Å². The fourth-order valence-corrected chi connectivity index (χ4v) is 6.25. The maximum absolute atomic E-state index is 12.5. The quantitative estimate of drug-likeness (QED) is 0.422. The lowest BCUT2D eigenvalue weighted by Gasteiger charge is -2.35. The third-order valence-electron chi connectivity index (χ3n) is 7.70. The molecule has 39 heavy (non-hydrogen) atoms. The Labute approximate surface area is 236 Å². The summed E-state index contributed by atoms with van der Waals surface area (Å²) in [5, 5.41) is 13.6. The number of halogens is 1. The number of benzene rings is 1. The number of hydrogen-bond acceptors (Lipinski definition) is 7. The molecule has 5 heterocycles. The molecule has 0 bridgehead atoms. The summed E-state index contributed by atoms with van der Waals surface area (Å²) < 4.78 is 12.6. The van der Waals surface area contributed by atoms with Crippen molar-refractivity contribution in [3.05, 3.63) is 54.5 Å². The van der Waals surface area contributed by atoms with Gasteiger partial charge in [0, 0.05) is 55.1 Å². The highest BCUT2D eigenvalue weighted by molar-refractivity contribution is 9.10. The number of nitrogens with zero attached hydrogens (tertiary/aromatic N) is 5. The molecule has 6 rings (SSSR count). The van der Waals surface area contributed by atoms with Gasteiger partial charge in [-0.3, -0.25) is 15.2 Å². The Hall–Kier alpha value is -3.66. The molecule has 0 aliphatic carbocycles. The molecule has 0 radical (unpaired) electrons. The highest BCUT2D eigenvalue weighted by Gasteiger charge is 2.34. The molecule has 0 spiro atoms. The molecule has 1 amide bonds. The first-order valence-electron chi connectivity index (χ1n) is 13.2. The van der Waals surface area contributed by atoms with Gasteiger partial charge in [-0.05, 0) is 48.6 Å². The Morgan fingerprint density at radius 1 is 1.08 bits per heavy atom. The molecule has 1 saturated heterocycles. The maximum atomic E-state index is 12.5. The van der Waals surface area contributed by atoms with Crippen molar-refractivity contribution in [2.24, 2.45) is 11.8 Å². The molecule has 1 N–H and O–H groups in total. The third-order valence-corrected chi connectivity index (χ3v) is 8.66. The van der Waals surface area contributed by atoms with Crippen LogP contribution < -0.4 is 14.4 Å². The second-order valence-corrected chi connectivity index (χ2v) is 11.5. The van der Waals surface area contributed by atoms with Crippen LogP contribution in [0.5, 0.6) is 11.5 Å². The molecular formula is C29H31BrN6O3. The molecule has 1 atom stereocenters. The average Bonchev–Trinajstić information content (AvgIpc) is 3.60. The summed E-state index contributed by atoms with van der Waals surface area (Å²) in [5.41, 5.74) is 4.76. The van der Waals surface area contributed by atoms with Crippen LogP contribution in [0, 0.1) is 17.2 Å². The molecule has 2 aromatic heterocycles. The van der Waals surface area contributed by atoms with Gasteiger partial charge in [0.25, 0.3) is 0 Å². The molecule has 10 heteroatoms. The summed E-state index contributed by atoms with van der Waals surface area (Å²) in [4.78, 5) is 21.0. The third kappa shape index (κ3) is 4.60. The topological polar surface area (TPSA) is 96.6 Å². The number of allylic oxidation sites excluding steroid dienone is 1. The predicted molar refractivity (Wildman–Crippen MR) is 153 cm³/mol. The first kappa shape index (κ1) is 25.6. The number of likely N-dealkylation sites (tertiary alicyclic amines) is 1. The lowest BCUT2D eigenvalue weighted by atomic mass is 9.87. The fourth-order valence-electron chi connectivity index (χ4n) is 5.57. The minimum Gasteiger partial charge on any atom is -0.454 e. The van der Waals surface area contributed by atoms with E-state index in [2.05, 4.69) is 32.1 Å². The van der Waals surface area contributed by atoms with Gasteiger partial charge < -0.3 is 19.3 Å². The first-order chi connectivity index (χ1) is 18.8. The van der Waals surface area contributed by atoms with Crippen molar-refractivity contribution in [3.63, 3.8) is 0 Å². The summed E-state index contributed by atoms with van der Waals surface area (Å²) >= 11 is 3.80. The number of carbonyl (C=O) groups is 1. The largest absolute Gasteiger partial charge is 0.454 e. The number of aromatic nitrogens is 3. The van der Waals surface area contributed by atoms with Gasteiger partial charge in [-0.2, -0.15) is 5.10 Å². The van der Waals surface area contributed by atoms with Crippen LogP contribution in [-0.4, -0.2) is 63.2 Å². The zero-order valence-electron chi connectivity index (χ0n) is 22.2.